The molecule has 0 heterocycles. The summed E-state index contributed by atoms with van der Waals surface area (Å²) in [6.07, 6.45) is 4.08. The van der Waals surface area contributed by atoms with Crippen LogP contribution in [-0.2, 0) is 23.9 Å². The van der Waals surface area contributed by atoms with E-state index in [0.29, 0.717) is 32.7 Å². The van der Waals surface area contributed by atoms with Crippen LogP contribution in [0.15, 0.2) is 0 Å². The summed E-state index contributed by atoms with van der Waals surface area (Å²) in [7, 11) is 3.42. The Bertz CT molecular complexity index is 550. The summed E-state index contributed by atoms with van der Waals surface area (Å²) in [4.78, 5) is 46.7. The van der Waals surface area contributed by atoms with E-state index in [2.05, 4.69) is 26.6 Å². The number of hydrogen-bond acceptors (Lipinski definition) is 6. The number of amides is 4. The standard InChI is InChI=1S/C20H37N5O5/c1-21-10-7-17(26)23-11-8-18(27)24-12-14-30-13-9-19(28)25-16-5-3-15(4-6-16)20(29)22-2/h15-16,21H,3-14H2,1-2H3,(H,22,29)(H,23,26)(H,24,27)(H,25,28)/t15-,16+. The molecule has 0 aromatic heterocycles. The SMILES string of the molecule is CNCCC(=O)NCCC(=O)NCCOCCC(=O)N[C@H]1CC[C@@H](C(=O)NC)CC1. The van der Waals surface area contributed by atoms with Crippen LogP contribution in [0.3, 0.4) is 0 Å². The maximum absolute atomic E-state index is 12.0. The minimum absolute atomic E-state index is 0.0522. The van der Waals surface area contributed by atoms with Gasteiger partial charge in [0.25, 0.3) is 0 Å². The van der Waals surface area contributed by atoms with Crippen molar-refractivity contribution in [2.75, 3.05) is 46.9 Å². The average Bonchev–Trinajstić information content (AvgIpc) is 2.74. The van der Waals surface area contributed by atoms with Crippen molar-refractivity contribution >= 4 is 23.6 Å². The molecule has 0 radical (unpaired) electrons. The first kappa shape index (κ1) is 25.8. The molecule has 10 nitrogen and oxygen atoms in total. The molecule has 1 rings (SSSR count). The monoisotopic (exact) mass is 427 g/mol. The van der Waals surface area contributed by atoms with Crippen LogP contribution < -0.4 is 26.6 Å². The predicted molar refractivity (Wildman–Crippen MR) is 113 cm³/mol. The molecule has 0 atom stereocenters. The zero-order valence-corrected chi connectivity index (χ0v) is 18.2. The summed E-state index contributed by atoms with van der Waals surface area (Å²) >= 11 is 0. The van der Waals surface area contributed by atoms with E-state index >= 15 is 0 Å². The van der Waals surface area contributed by atoms with Crippen molar-refractivity contribution in [3.05, 3.63) is 0 Å². The van der Waals surface area contributed by atoms with Gasteiger partial charge in [0.2, 0.25) is 23.6 Å². The van der Waals surface area contributed by atoms with Gasteiger partial charge in [0, 0.05) is 57.9 Å². The lowest BCUT2D eigenvalue weighted by Gasteiger charge is -2.28. The van der Waals surface area contributed by atoms with Crippen LogP contribution >= 0.6 is 0 Å². The molecular formula is C20H37N5O5. The molecule has 0 aliphatic heterocycles. The average molecular weight is 428 g/mol. The lowest BCUT2D eigenvalue weighted by atomic mass is 9.85. The van der Waals surface area contributed by atoms with Crippen molar-refractivity contribution in [3.8, 4) is 0 Å². The van der Waals surface area contributed by atoms with Crippen LogP contribution in [0.2, 0.25) is 0 Å². The first-order valence-electron chi connectivity index (χ1n) is 10.7. The molecule has 4 amide bonds. The van der Waals surface area contributed by atoms with Crippen molar-refractivity contribution in [1.82, 2.24) is 26.6 Å². The van der Waals surface area contributed by atoms with E-state index in [1.807, 2.05) is 0 Å². The van der Waals surface area contributed by atoms with E-state index in [4.69, 9.17) is 4.74 Å². The summed E-state index contributed by atoms with van der Waals surface area (Å²) in [5.41, 5.74) is 0. The zero-order valence-electron chi connectivity index (χ0n) is 18.2. The van der Waals surface area contributed by atoms with Gasteiger partial charge in [-0.1, -0.05) is 0 Å². The van der Waals surface area contributed by atoms with E-state index in [-0.39, 0.29) is 55.0 Å². The molecule has 0 saturated heterocycles. The fourth-order valence-corrected chi connectivity index (χ4v) is 3.26. The van der Waals surface area contributed by atoms with Gasteiger partial charge < -0.3 is 31.3 Å². The Morgan fingerprint density at radius 3 is 2.03 bits per heavy atom. The lowest BCUT2D eigenvalue weighted by Crippen LogP contribution is -2.40. The maximum Gasteiger partial charge on any atom is 0.222 e. The first-order valence-corrected chi connectivity index (χ1v) is 10.7. The zero-order chi connectivity index (χ0) is 22.2. The predicted octanol–water partition coefficient (Wildman–Crippen LogP) is -0.954. The van der Waals surface area contributed by atoms with Crippen molar-refractivity contribution < 1.29 is 23.9 Å². The maximum atomic E-state index is 12.0. The molecule has 5 N–H and O–H groups in total. The normalized spacial score (nSPS) is 18.3. The first-order chi connectivity index (χ1) is 14.5. The Morgan fingerprint density at radius 2 is 1.40 bits per heavy atom. The number of rotatable bonds is 14. The Labute approximate surface area is 178 Å². The van der Waals surface area contributed by atoms with Gasteiger partial charge in [-0.05, 0) is 32.7 Å². The molecule has 0 bridgehead atoms. The van der Waals surface area contributed by atoms with E-state index in [9.17, 15) is 19.2 Å². The number of carbonyl (C=O) groups is 4. The Morgan fingerprint density at radius 1 is 0.767 bits per heavy atom. The van der Waals surface area contributed by atoms with Crippen LogP contribution in [0, 0.1) is 5.92 Å². The molecule has 1 aliphatic carbocycles. The molecule has 1 aliphatic rings. The van der Waals surface area contributed by atoms with Gasteiger partial charge in [0.05, 0.1) is 13.2 Å². The van der Waals surface area contributed by atoms with E-state index in [1.54, 1.807) is 14.1 Å². The third-order valence-corrected chi connectivity index (χ3v) is 5.03. The van der Waals surface area contributed by atoms with Crippen molar-refractivity contribution in [3.63, 3.8) is 0 Å². The van der Waals surface area contributed by atoms with Gasteiger partial charge in [-0.2, -0.15) is 0 Å². The molecule has 0 unspecified atom stereocenters. The topological polar surface area (TPSA) is 138 Å². The molecule has 0 aromatic rings. The molecule has 172 valence electrons. The van der Waals surface area contributed by atoms with Crippen molar-refractivity contribution in [2.45, 2.75) is 51.0 Å². The lowest BCUT2D eigenvalue weighted by molar-refractivity contribution is -0.126. The van der Waals surface area contributed by atoms with Crippen LogP contribution in [-0.4, -0.2) is 76.6 Å². The summed E-state index contributed by atoms with van der Waals surface area (Å²) in [6.45, 7) is 1.88. The van der Waals surface area contributed by atoms with Crippen LogP contribution in [0.4, 0.5) is 0 Å². The largest absolute Gasteiger partial charge is 0.379 e. The highest BCUT2D eigenvalue weighted by Crippen LogP contribution is 2.24. The smallest absolute Gasteiger partial charge is 0.222 e. The molecule has 30 heavy (non-hydrogen) atoms. The summed E-state index contributed by atoms with van der Waals surface area (Å²) in [6, 6.07) is 0.122. The van der Waals surface area contributed by atoms with Crippen LogP contribution in [0.25, 0.3) is 0 Å². The van der Waals surface area contributed by atoms with Gasteiger partial charge >= 0.3 is 0 Å². The number of hydrogen-bond donors (Lipinski definition) is 5. The minimum Gasteiger partial charge on any atom is -0.379 e. The number of ether oxygens (including phenoxy) is 1. The minimum atomic E-state index is -0.155. The highest BCUT2D eigenvalue weighted by Gasteiger charge is 2.26. The third-order valence-electron chi connectivity index (χ3n) is 5.03. The Balaban J connectivity index is 1.97. The fourth-order valence-electron chi connectivity index (χ4n) is 3.26. The second-order valence-corrected chi connectivity index (χ2v) is 7.40. The van der Waals surface area contributed by atoms with Crippen LogP contribution in [0.1, 0.15) is 44.9 Å². The quantitative estimate of drug-likeness (QED) is 0.227. The van der Waals surface area contributed by atoms with Gasteiger partial charge in [-0.15, -0.1) is 0 Å². The van der Waals surface area contributed by atoms with Crippen molar-refractivity contribution in [2.24, 2.45) is 5.92 Å². The third kappa shape index (κ3) is 11.7. The number of nitrogens with one attached hydrogen (secondary N) is 5. The van der Waals surface area contributed by atoms with Gasteiger partial charge in [0.15, 0.2) is 0 Å². The fraction of sp³-hybridized carbons (Fsp3) is 0.800. The van der Waals surface area contributed by atoms with Crippen LogP contribution in [0.5, 0.6) is 0 Å². The van der Waals surface area contributed by atoms with Gasteiger partial charge in [-0.3, -0.25) is 19.2 Å². The molecule has 1 saturated carbocycles. The summed E-state index contributed by atoms with van der Waals surface area (Å²) in [5, 5.41) is 13.9. The molecule has 0 spiro atoms. The highest BCUT2D eigenvalue weighted by atomic mass is 16.5. The van der Waals surface area contributed by atoms with E-state index < -0.39 is 0 Å². The van der Waals surface area contributed by atoms with Gasteiger partial charge in [0.1, 0.15) is 0 Å². The number of carbonyl (C=O) groups excluding carboxylic acids is 4. The van der Waals surface area contributed by atoms with E-state index in [0.717, 1.165) is 25.7 Å². The second kappa shape index (κ2) is 15.6. The second-order valence-electron chi connectivity index (χ2n) is 7.40. The highest BCUT2D eigenvalue weighted by molar-refractivity contribution is 5.79. The molecular weight excluding hydrogens is 390 g/mol. The molecule has 0 aromatic carbocycles. The van der Waals surface area contributed by atoms with E-state index in [1.165, 1.54) is 0 Å². The molecule has 1 fully saturated rings. The molecule has 10 heteroatoms. The Hall–Kier alpha value is -2.20. The van der Waals surface area contributed by atoms with Gasteiger partial charge in [-0.25, -0.2) is 0 Å². The summed E-state index contributed by atoms with van der Waals surface area (Å²) in [5.74, 6) is -0.168. The summed E-state index contributed by atoms with van der Waals surface area (Å²) < 4.78 is 5.39. The Kier molecular flexibility index (Phi) is 13.4. The van der Waals surface area contributed by atoms with Crippen molar-refractivity contribution in [1.29, 1.82) is 0 Å².